The van der Waals surface area contributed by atoms with Crippen molar-refractivity contribution in [2.24, 2.45) is 5.73 Å². The van der Waals surface area contributed by atoms with E-state index in [1.165, 1.54) is 0 Å². The molecule has 0 fully saturated rings. The van der Waals surface area contributed by atoms with Gasteiger partial charge in [-0.1, -0.05) is 17.9 Å². The SMILES string of the molecule is NCC#Cc1ccc2cnccc2c1. The van der Waals surface area contributed by atoms with Crippen molar-refractivity contribution in [3.8, 4) is 11.8 Å². The standard InChI is InChI=1S/C12H10N2/c13-6-1-2-10-3-4-12-9-14-7-5-11(12)8-10/h3-5,7-9H,6,13H2. The molecule has 0 atom stereocenters. The van der Waals surface area contributed by atoms with Crippen LogP contribution in [-0.4, -0.2) is 11.5 Å². The molecule has 2 heteroatoms. The van der Waals surface area contributed by atoms with E-state index in [4.69, 9.17) is 5.73 Å². The fraction of sp³-hybridized carbons (Fsp3) is 0.0833. The molecule has 0 bridgehead atoms. The van der Waals surface area contributed by atoms with Gasteiger partial charge in [0.2, 0.25) is 0 Å². The van der Waals surface area contributed by atoms with E-state index in [0.717, 1.165) is 16.3 Å². The highest BCUT2D eigenvalue weighted by atomic mass is 14.6. The lowest BCUT2D eigenvalue weighted by Gasteiger charge is -1.96. The van der Waals surface area contributed by atoms with Gasteiger partial charge in [0.05, 0.1) is 6.54 Å². The summed E-state index contributed by atoms with van der Waals surface area (Å²) in [6.45, 7) is 0.397. The van der Waals surface area contributed by atoms with Gasteiger partial charge in [-0.05, 0) is 23.6 Å². The van der Waals surface area contributed by atoms with Crippen LogP contribution >= 0.6 is 0 Å². The Hall–Kier alpha value is -1.85. The van der Waals surface area contributed by atoms with Crippen LogP contribution in [0.1, 0.15) is 5.56 Å². The first-order valence-corrected chi connectivity index (χ1v) is 4.43. The summed E-state index contributed by atoms with van der Waals surface area (Å²) in [4.78, 5) is 4.05. The van der Waals surface area contributed by atoms with Crippen molar-refractivity contribution in [3.63, 3.8) is 0 Å². The molecule has 68 valence electrons. The molecule has 0 unspecified atom stereocenters. The Kier molecular flexibility index (Phi) is 2.44. The van der Waals surface area contributed by atoms with Gasteiger partial charge >= 0.3 is 0 Å². The minimum Gasteiger partial charge on any atom is -0.320 e. The average Bonchev–Trinajstić information content (AvgIpc) is 2.26. The minimum absolute atomic E-state index is 0.397. The topological polar surface area (TPSA) is 38.9 Å². The monoisotopic (exact) mass is 182 g/mol. The van der Waals surface area contributed by atoms with Crippen LogP contribution in [0.2, 0.25) is 0 Å². The molecule has 1 aromatic carbocycles. The number of nitrogens with zero attached hydrogens (tertiary/aromatic N) is 1. The number of hydrogen-bond acceptors (Lipinski definition) is 2. The molecule has 0 saturated carbocycles. The maximum absolute atomic E-state index is 5.31. The summed E-state index contributed by atoms with van der Waals surface area (Å²) < 4.78 is 0. The molecule has 0 amide bonds. The van der Waals surface area contributed by atoms with Crippen LogP contribution in [0.25, 0.3) is 10.8 Å². The van der Waals surface area contributed by atoms with Gasteiger partial charge < -0.3 is 5.73 Å². The zero-order valence-electron chi connectivity index (χ0n) is 7.70. The van der Waals surface area contributed by atoms with E-state index in [-0.39, 0.29) is 0 Å². The number of hydrogen-bond donors (Lipinski definition) is 1. The molecular formula is C12H10N2. The van der Waals surface area contributed by atoms with Gasteiger partial charge in [0.1, 0.15) is 0 Å². The molecule has 0 saturated heterocycles. The Balaban J connectivity index is 2.51. The van der Waals surface area contributed by atoms with E-state index in [1.54, 1.807) is 6.20 Å². The molecule has 0 aliphatic carbocycles. The molecule has 0 radical (unpaired) electrons. The number of benzene rings is 1. The molecule has 0 aliphatic rings. The van der Waals surface area contributed by atoms with Crippen molar-refractivity contribution < 1.29 is 0 Å². The van der Waals surface area contributed by atoms with Gasteiger partial charge in [0, 0.05) is 23.3 Å². The third-order valence-corrected chi connectivity index (χ3v) is 1.98. The first-order valence-electron chi connectivity index (χ1n) is 4.43. The van der Waals surface area contributed by atoms with Crippen LogP contribution in [0.15, 0.2) is 36.7 Å². The summed E-state index contributed by atoms with van der Waals surface area (Å²) in [7, 11) is 0. The summed E-state index contributed by atoms with van der Waals surface area (Å²) in [5, 5.41) is 2.29. The van der Waals surface area contributed by atoms with Crippen molar-refractivity contribution >= 4 is 10.8 Å². The van der Waals surface area contributed by atoms with Crippen molar-refractivity contribution in [2.45, 2.75) is 0 Å². The lowest BCUT2D eigenvalue weighted by Crippen LogP contribution is -1.92. The summed E-state index contributed by atoms with van der Waals surface area (Å²) in [6, 6.07) is 8.01. The van der Waals surface area contributed by atoms with Gasteiger partial charge in [-0.2, -0.15) is 0 Å². The minimum atomic E-state index is 0.397. The number of nitrogens with two attached hydrogens (primary N) is 1. The Morgan fingerprint density at radius 3 is 3.00 bits per heavy atom. The molecule has 2 nitrogen and oxygen atoms in total. The summed E-state index contributed by atoms with van der Waals surface area (Å²) in [5.41, 5.74) is 6.30. The zero-order chi connectivity index (χ0) is 9.80. The van der Waals surface area contributed by atoms with Gasteiger partial charge in [-0.3, -0.25) is 4.98 Å². The second-order valence-electron chi connectivity index (χ2n) is 2.94. The highest BCUT2D eigenvalue weighted by Crippen LogP contribution is 2.13. The molecule has 0 aliphatic heterocycles. The fourth-order valence-corrected chi connectivity index (χ4v) is 1.31. The van der Waals surface area contributed by atoms with E-state index >= 15 is 0 Å². The van der Waals surface area contributed by atoms with Gasteiger partial charge in [0.25, 0.3) is 0 Å². The first kappa shape index (κ1) is 8.74. The van der Waals surface area contributed by atoms with Crippen LogP contribution < -0.4 is 5.73 Å². The Labute approximate surface area is 82.8 Å². The van der Waals surface area contributed by atoms with E-state index < -0.39 is 0 Å². The number of aromatic nitrogens is 1. The van der Waals surface area contributed by atoms with Crippen molar-refractivity contribution in [1.29, 1.82) is 0 Å². The smallest absolute Gasteiger partial charge is 0.0555 e. The molecule has 1 heterocycles. The maximum atomic E-state index is 5.31. The number of pyridine rings is 1. The Morgan fingerprint density at radius 1 is 1.21 bits per heavy atom. The molecule has 14 heavy (non-hydrogen) atoms. The third-order valence-electron chi connectivity index (χ3n) is 1.98. The molecule has 2 rings (SSSR count). The highest BCUT2D eigenvalue weighted by Gasteiger charge is 1.92. The first-order chi connectivity index (χ1) is 6.90. The Bertz CT molecular complexity index is 506. The Morgan fingerprint density at radius 2 is 2.14 bits per heavy atom. The quantitative estimate of drug-likeness (QED) is 0.628. The van der Waals surface area contributed by atoms with Crippen LogP contribution in [-0.2, 0) is 0 Å². The third kappa shape index (κ3) is 1.73. The fourth-order valence-electron chi connectivity index (χ4n) is 1.31. The average molecular weight is 182 g/mol. The second kappa shape index (κ2) is 3.91. The van der Waals surface area contributed by atoms with Crippen LogP contribution in [0.4, 0.5) is 0 Å². The van der Waals surface area contributed by atoms with E-state index in [1.807, 2.05) is 30.5 Å². The predicted molar refractivity (Wildman–Crippen MR) is 57.7 cm³/mol. The van der Waals surface area contributed by atoms with Gasteiger partial charge in [-0.15, -0.1) is 0 Å². The van der Waals surface area contributed by atoms with E-state index in [0.29, 0.717) is 6.54 Å². The van der Waals surface area contributed by atoms with E-state index in [9.17, 15) is 0 Å². The molecule has 2 aromatic rings. The lowest BCUT2D eigenvalue weighted by molar-refractivity contribution is 1.30. The van der Waals surface area contributed by atoms with Crippen molar-refractivity contribution in [3.05, 3.63) is 42.2 Å². The van der Waals surface area contributed by atoms with Crippen LogP contribution in [0.3, 0.4) is 0 Å². The highest BCUT2D eigenvalue weighted by molar-refractivity contribution is 5.82. The van der Waals surface area contributed by atoms with E-state index in [2.05, 4.69) is 16.8 Å². The van der Waals surface area contributed by atoms with Crippen LogP contribution in [0.5, 0.6) is 0 Å². The van der Waals surface area contributed by atoms with Gasteiger partial charge in [0.15, 0.2) is 0 Å². The largest absolute Gasteiger partial charge is 0.320 e. The maximum Gasteiger partial charge on any atom is 0.0555 e. The molecule has 2 N–H and O–H groups in total. The second-order valence-corrected chi connectivity index (χ2v) is 2.94. The predicted octanol–water partition coefficient (Wildman–Crippen LogP) is 1.54. The van der Waals surface area contributed by atoms with Gasteiger partial charge in [-0.25, -0.2) is 0 Å². The van der Waals surface area contributed by atoms with Crippen LogP contribution in [0, 0.1) is 11.8 Å². The van der Waals surface area contributed by atoms with Crippen molar-refractivity contribution in [2.75, 3.05) is 6.54 Å². The zero-order valence-corrected chi connectivity index (χ0v) is 7.70. The molecular weight excluding hydrogens is 172 g/mol. The summed E-state index contributed by atoms with van der Waals surface area (Å²) >= 11 is 0. The summed E-state index contributed by atoms with van der Waals surface area (Å²) in [5.74, 6) is 5.83. The number of rotatable bonds is 0. The molecule has 0 spiro atoms. The summed E-state index contributed by atoms with van der Waals surface area (Å²) in [6.07, 6.45) is 3.62. The molecule has 1 aromatic heterocycles. The normalized spacial score (nSPS) is 9.50. The van der Waals surface area contributed by atoms with Crippen molar-refractivity contribution in [1.82, 2.24) is 4.98 Å². The lowest BCUT2D eigenvalue weighted by atomic mass is 10.1. The number of fused-ring (bicyclic) bond motifs is 1.